The first-order valence-corrected chi connectivity index (χ1v) is 12.9. The summed E-state index contributed by atoms with van der Waals surface area (Å²) in [5, 5.41) is 0.946. The van der Waals surface area contributed by atoms with Crippen molar-refractivity contribution < 1.29 is 9.59 Å². The maximum Gasteiger partial charge on any atom is 0.239 e. The van der Waals surface area contributed by atoms with Gasteiger partial charge in [0.15, 0.2) is 0 Å². The Balaban J connectivity index is 1.52. The molecule has 2 amide bonds. The molecule has 0 N–H and O–H groups in total. The van der Waals surface area contributed by atoms with Gasteiger partial charge in [0.2, 0.25) is 11.8 Å². The third kappa shape index (κ3) is 3.00. The van der Waals surface area contributed by atoms with E-state index in [2.05, 4.69) is 24.3 Å². The molecular formula is C31H20Cl2N2O2. The fourth-order valence-electron chi connectivity index (χ4n) is 6.65. The number of aliphatic imine (C=N–C) groups is 1. The predicted octanol–water partition coefficient (Wildman–Crippen LogP) is 6.95. The molecule has 0 unspecified atom stereocenters. The van der Waals surface area contributed by atoms with Crippen LogP contribution in [0.15, 0.2) is 102 Å². The van der Waals surface area contributed by atoms with Gasteiger partial charge in [-0.2, -0.15) is 0 Å². The van der Waals surface area contributed by atoms with E-state index in [1.54, 1.807) is 36.4 Å². The molecule has 2 bridgehead atoms. The third-order valence-electron chi connectivity index (χ3n) is 8.00. The van der Waals surface area contributed by atoms with Crippen molar-refractivity contribution in [2.45, 2.75) is 11.3 Å². The van der Waals surface area contributed by atoms with Crippen molar-refractivity contribution in [3.05, 3.63) is 129 Å². The van der Waals surface area contributed by atoms with Crippen LogP contribution < -0.4 is 4.90 Å². The second kappa shape index (κ2) is 8.14. The average Bonchev–Trinajstić information content (AvgIpc) is 3.19. The van der Waals surface area contributed by atoms with E-state index in [1.165, 1.54) is 4.90 Å². The number of benzene rings is 4. The molecule has 1 heterocycles. The highest BCUT2D eigenvalue weighted by atomic mass is 35.5. The number of rotatable bonds is 3. The maximum atomic E-state index is 14.3. The molecule has 37 heavy (non-hydrogen) atoms. The van der Waals surface area contributed by atoms with Gasteiger partial charge in [-0.15, -0.1) is 0 Å². The molecule has 3 aliphatic carbocycles. The Morgan fingerprint density at radius 3 is 2.08 bits per heavy atom. The van der Waals surface area contributed by atoms with E-state index in [0.717, 1.165) is 22.3 Å². The van der Waals surface area contributed by atoms with E-state index in [-0.39, 0.29) is 17.7 Å². The maximum absolute atomic E-state index is 14.3. The summed E-state index contributed by atoms with van der Waals surface area (Å²) in [7, 11) is 0. The van der Waals surface area contributed by atoms with Crippen molar-refractivity contribution in [2.75, 3.05) is 4.90 Å². The number of anilines is 1. The Kier molecular flexibility index (Phi) is 4.94. The van der Waals surface area contributed by atoms with Gasteiger partial charge in [-0.1, -0.05) is 89.9 Å². The van der Waals surface area contributed by atoms with Crippen molar-refractivity contribution in [3.8, 4) is 0 Å². The second-order valence-electron chi connectivity index (χ2n) is 9.73. The lowest BCUT2D eigenvalue weighted by Gasteiger charge is -2.52. The van der Waals surface area contributed by atoms with E-state index in [9.17, 15) is 9.59 Å². The van der Waals surface area contributed by atoms with E-state index >= 15 is 0 Å². The van der Waals surface area contributed by atoms with Crippen molar-refractivity contribution in [3.63, 3.8) is 0 Å². The Bertz CT molecular complexity index is 1600. The highest BCUT2D eigenvalue weighted by Crippen LogP contribution is 2.64. The Labute approximate surface area is 224 Å². The topological polar surface area (TPSA) is 49.7 Å². The van der Waals surface area contributed by atoms with Crippen molar-refractivity contribution in [1.29, 1.82) is 0 Å². The number of carbonyl (C=O) groups excluding carboxylic acids is 2. The van der Waals surface area contributed by atoms with E-state index < -0.39 is 17.3 Å². The van der Waals surface area contributed by atoms with Crippen LogP contribution in [0.5, 0.6) is 0 Å². The molecule has 0 radical (unpaired) electrons. The highest BCUT2D eigenvalue weighted by Gasteiger charge is 2.68. The largest absolute Gasteiger partial charge is 0.274 e. The standard InChI is InChI=1S/C31H20Cl2N2O2/c32-18-8-7-9-19(16-18)34-17-31-22-12-3-1-10-20(22)26(21-11-2-4-13-23(21)31)27-28(31)30(37)35(29(27)36)25-15-6-5-14-24(25)33/h1-17,26-28H/t26?,27-,28-,31?/m0/s1. The van der Waals surface area contributed by atoms with Gasteiger partial charge in [-0.05, 0) is 52.6 Å². The summed E-state index contributed by atoms with van der Waals surface area (Å²) in [5.74, 6) is -1.94. The monoisotopic (exact) mass is 522 g/mol. The smallest absolute Gasteiger partial charge is 0.239 e. The Morgan fingerprint density at radius 2 is 1.41 bits per heavy atom. The van der Waals surface area contributed by atoms with Crippen LogP contribution in [0.4, 0.5) is 11.4 Å². The second-order valence-corrected chi connectivity index (χ2v) is 10.6. The number of para-hydroxylation sites is 1. The number of imide groups is 1. The zero-order chi connectivity index (χ0) is 25.3. The zero-order valence-corrected chi connectivity index (χ0v) is 21.0. The summed E-state index contributed by atoms with van der Waals surface area (Å²) in [6, 6.07) is 30.5. The number of halogens is 2. The summed E-state index contributed by atoms with van der Waals surface area (Å²) in [6.07, 6.45) is 1.87. The number of amides is 2. The summed E-state index contributed by atoms with van der Waals surface area (Å²) < 4.78 is 0. The zero-order valence-electron chi connectivity index (χ0n) is 19.5. The lowest BCUT2D eigenvalue weighted by molar-refractivity contribution is -0.122. The molecule has 0 aromatic heterocycles. The summed E-state index contributed by atoms with van der Waals surface area (Å²) in [5.41, 5.74) is 4.30. The Hall–Kier alpha value is -3.73. The number of carbonyl (C=O) groups is 2. The molecule has 1 fully saturated rings. The minimum Gasteiger partial charge on any atom is -0.274 e. The van der Waals surface area contributed by atoms with Gasteiger partial charge < -0.3 is 0 Å². The molecule has 4 aromatic carbocycles. The molecule has 1 saturated heterocycles. The van der Waals surface area contributed by atoms with E-state index in [0.29, 0.717) is 21.4 Å². The minimum atomic E-state index is -0.933. The highest BCUT2D eigenvalue weighted by molar-refractivity contribution is 6.36. The van der Waals surface area contributed by atoms with Crippen LogP contribution in [-0.4, -0.2) is 18.0 Å². The molecule has 180 valence electrons. The molecule has 1 aliphatic heterocycles. The van der Waals surface area contributed by atoms with Gasteiger partial charge in [0, 0.05) is 17.2 Å². The van der Waals surface area contributed by atoms with Crippen LogP contribution in [0.1, 0.15) is 28.2 Å². The number of hydrogen-bond donors (Lipinski definition) is 0. The summed E-state index contributed by atoms with van der Waals surface area (Å²) in [4.78, 5) is 34.7. The number of nitrogens with zero attached hydrogens (tertiary/aromatic N) is 2. The van der Waals surface area contributed by atoms with Gasteiger partial charge >= 0.3 is 0 Å². The third-order valence-corrected chi connectivity index (χ3v) is 8.56. The molecule has 2 atom stereocenters. The predicted molar refractivity (Wildman–Crippen MR) is 146 cm³/mol. The van der Waals surface area contributed by atoms with Gasteiger partial charge in [-0.3, -0.25) is 14.6 Å². The van der Waals surface area contributed by atoms with Crippen molar-refractivity contribution in [1.82, 2.24) is 0 Å². The van der Waals surface area contributed by atoms with Crippen LogP contribution in [0.2, 0.25) is 10.0 Å². The van der Waals surface area contributed by atoms with E-state index in [4.69, 9.17) is 28.2 Å². The van der Waals surface area contributed by atoms with Crippen LogP contribution in [0, 0.1) is 11.8 Å². The molecule has 6 heteroatoms. The molecule has 4 aliphatic rings. The Morgan fingerprint density at radius 1 is 0.757 bits per heavy atom. The first-order chi connectivity index (χ1) is 18.0. The molecular weight excluding hydrogens is 503 g/mol. The lowest BCUT2D eigenvalue weighted by atomic mass is 9.47. The molecule has 0 spiro atoms. The lowest BCUT2D eigenvalue weighted by Crippen LogP contribution is -2.54. The van der Waals surface area contributed by atoms with Gasteiger partial charge in [-0.25, -0.2) is 4.90 Å². The average molecular weight is 523 g/mol. The molecule has 4 aromatic rings. The quantitative estimate of drug-likeness (QED) is 0.216. The number of hydrogen-bond acceptors (Lipinski definition) is 3. The first kappa shape index (κ1) is 22.5. The van der Waals surface area contributed by atoms with Crippen LogP contribution in [0.3, 0.4) is 0 Å². The van der Waals surface area contributed by atoms with Gasteiger partial charge in [0.25, 0.3) is 0 Å². The van der Waals surface area contributed by atoms with Crippen molar-refractivity contribution in [2.24, 2.45) is 16.8 Å². The van der Waals surface area contributed by atoms with Gasteiger partial charge in [0.1, 0.15) is 0 Å². The normalized spacial score (nSPS) is 25.4. The summed E-state index contributed by atoms with van der Waals surface area (Å²) >= 11 is 12.8. The van der Waals surface area contributed by atoms with E-state index in [1.807, 2.05) is 42.6 Å². The van der Waals surface area contributed by atoms with Crippen LogP contribution in [-0.2, 0) is 15.0 Å². The molecule has 4 nitrogen and oxygen atoms in total. The minimum absolute atomic E-state index is 0.224. The fourth-order valence-corrected chi connectivity index (χ4v) is 7.06. The van der Waals surface area contributed by atoms with Crippen molar-refractivity contribution >= 4 is 52.6 Å². The summed E-state index contributed by atoms with van der Waals surface area (Å²) in [6.45, 7) is 0. The fraction of sp³-hybridized carbons (Fsp3) is 0.129. The van der Waals surface area contributed by atoms with Crippen LogP contribution in [0.25, 0.3) is 0 Å². The SMILES string of the molecule is O=C1[C@@H]2[C@@H](C(=O)N1c1ccccc1Cl)C1c3ccccc3C2(C=Nc2cccc(Cl)c2)c2ccccc21. The molecule has 0 saturated carbocycles. The first-order valence-electron chi connectivity index (χ1n) is 12.1. The van der Waals surface area contributed by atoms with Crippen LogP contribution >= 0.6 is 23.2 Å². The molecule has 8 rings (SSSR count). The van der Waals surface area contributed by atoms with Gasteiger partial charge in [0.05, 0.1) is 33.6 Å².